The Labute approximate surface area is 94.6 Å². The number of carbonyl (C=O) groups excluding carboxylic acids is 1. The van der Waals surface area contributed by atoms with E-state index in [0.717, 1.165) is 44.3 Å². The van der Waals surface area contributed by atoms with Gasteiger partial charge in [-0.05, 0) is 25.3 Å². The van der Waals surface area contributed by atoms with Crippen LogP contribution in [0.2, 0.25) is 0 Å². The first-order chi connectivity index (χ1) is 7.68. The minimum absolute atomic E-state index is 0.616. The minimum atomic E-state index is -1.15. The van der Waals surface area contributed by atoms with Crippen LogP contribution in [0.1, 0.15) is 38.5 Å². The summed E-state index contributed by atoms with van der Waals surface area (Å²) in [6.45, 7) is 0. The number of carboxylic acids is 1. The second-order valence-electron chi connectivity index (χ2n) is 3.72. The van der Waals surface area contributed by atoms with E-state index in [-0.39, 0.29) is 0 Å². The summed E-state index contributed by atoms with van der Waals surface area (Å²) in [5.41, 5.74) is 0. The van der Waals surface area contributed by atoms with E-state index in [1.54, 1.807) is 0 Å². The highest BCUT2D eigenvalue weighted by Gasteiger charge is 2.06. The van der Waals surface area contributed by atoms with Crippen LogP contribution in [0, 0.1) is 0 Å². The Morgan fingerprint density at radius 1 is 1.19 bits per heavy atom. The number of carbonyl (C=O) groups is 2. The summed E-state index contributed by atoms with van der Waals surface area (Å²) < 4.78 is 5.05. The molecule has 1 aliphatic carbocycles. The van der Waals surface area contributed by atoms with Gasteiger partial charge in [-0.15, -0.1) is 0 Å². The lowest BCUT2D eigenvalue weighted by Crippen LogP contribution is -2.03. The molecule has 0 saturated carbocycles. The van der Waals surface area contributed by atoms with Crippen LogP contribution < -0.4 is 0 Å². The van der Waals surface area contributed by atoms with Crippen LogP contribution in [0.3, 0.4) is 0 Å². The Balaban J connectivity index is 2.44. The first-order valence-corrected chi connectivity index (χ1v) is 5.50. The summed E-state index contributed by atoms with van der Waals surface area (Å²) in [7, 11) is 0. The molecule has 16 heavy (non-hydrogen) atoms. The van der Waals surface area contributed by atoms with Gasteiger partial charge in [-0.2, -0.15) is 0 Å². The lowest BCUT2D eigenvalue weighted by Gasteiger charge is -2.10. The third kappa shape index (κ3) is 5.34. The number of hydrogen-bond donors (Lipinski definition) is 1. The predicted octanol–water partition coefficient (Wildman–Crippen LogP) is 2.41. The van der Waals surface area contributed by atoms with Crippen molar-refractivity contribution in [2.24, 2.45) is 0 Å². The van der Waals surface area contributed by atoms with Crippen molar-refractivity contribution < 1.29 is 19.4 Å². The SMILES string of the molecule is O=C(O)C=CC(=O)OC1=CCCCCCC1. The molecule has 0 aromatic carbocycles. The van der Waals surface area contributed by atoms with Crippen molar-refractivity contribution >= 4 is 11.9 Å². The summed E-state index contributed by atoms with van der Waals surface area (Å²) in [6, 6.07) is 0. The van der Waals surface area contributed by atoms with E-state index in [2.05, 4.69) is 0 Å². The van der Waals surface area contributed by atoms with E-state index < -0.39 is 11.9 Å². The molecule has 0 atom stereocenters. The van der Waals surface area contributed by atoms with Gasteiger partial charge in [0, 0.05) is 18.6 Å². The summed E-state index contributed by atoms with van der Waals surface area (Å²) in [5, 5.41) is 8.34. The average Bonchev–Trinajstić information content (AvgIpc) is 2.19. The maximum absolute atomic E-state index is 11.2. The Bertz CT molecular complexity index is 315. The highest BCUT2D eigenvalue weighted by Crippen LogP contribution is 2.17. The van der Waals surface area contributed by atoms with Crippen LogP contribution >= 0.6 is 0 Å². The molecule has 0 unspecified atom stereocenters. The monoisotopic (exact) mass is 224 g/mol. The number of hydrogen-bond acceptors (Lipinski definition) is 3. The summed E-state index contributed by atoms with van der Waals surface area (Å²) in [6.07, 6.45) is 9.82. The van der Waals surface area contributed by atoms with Gasteiger partial charge >= 0.3 is 11.9 Å². The zero-order valence-electron chi connectivity index (χ0n) is 9.15. The van der Waals surface area contributed by atoms with Gasteiger partial charge in [0.05, 0.1) is 0 Å². The smallest absolute Gasteiger partial charge is 0.336 e. The molecule has 0 fully saturated rings. The molecule has 0 amide bonds. The van der Waals surface area contributed by atoms with Crippen LogP contribution in [-0.2, 0) is 14.3 Å². The maximum Gasteiger partial charge on any atom is 0.336 e. The third-order valence-electron chi connectivity index (χ3n) is 2.34. The molecule has 1 rings (SSSR count). The number of esters is 1. The highest BCUT2D eigenvalue weighted by atomic mass is 16.5. The van der Waals surface area contributed by atoms with Gasteiger partial charge in [0.15, 0.2) is 0 Å². The van der Waals surface area contributed by atoms with Crippen molar-refractivity contribution in [3.05, 3.63) is 24.0 Å². The zero-order valence-corrected chi connectivity index (χ0v) is 9.15. The second-order valence-corrected chi connectivity index (χ2v) is 3.72. The van der Waals surface area contributed by atoms with Crippen molar-refractivity contribution in [2.75, 3.05) is 0 Å². The van der Waals surface area contributed by atoms with Gasteiger partial charge in [-0.3, -0.25) is 0 Å². The summed E-state index contributed by atoms with van der Waals surface area (Å²) >= 11 is 0. The number of carboxylic acid groups (broad SMARTS) is 1. The molecular weight excluding hydrogens is 208 g/mol. The molecule has 4 heteroatoms. The number of allylic oxidation sites excluding steroid dienone is 2. The molecule has 0 heterocycles. The van der Waals surface area contributed by atoms with E-state index in [1.165, 1.54) is 6.42 Å². The van der Waals surface area contributed by atoms with Crippen molar-refractivity contribution in [1.82, 2.24) is 0 Å². The second kappa shape index (κ2) is 6.82. The van der Waals surface area contributed by atoms with Crippen LogP contribution in [0.15, 0.2) is 24.0 Å². The molecule has 0 saturated heterocycles. The van der Waals surface area contributed by atoms with Gasteiger partial charge in [-0.1, -0.05) is 12.8 Å². The van der Waals surface area contributed by atoms with E-state index >= 15 is 0 Å². The molecule has 0 aromatic rings. The fourth-order valence-electron chi connectivity index (χ4n) is 1.56. The fourth-order valence-corrected chi connectivity index (χ4v) is 1.56. The van der Waals surface area contributed by atoms with Crippen molar-refractivity contribution in [3.8, 4) is 0 Å². The molecule has 1 aliphatic rings. The third-order valence-corrected chi connectivity index (χ3v) is 2.34. The van der Waals surface area contributed by atoms with Crippen molar-refractivity contribution in [2.45, 2.75) is 38.5 Å². The lowest BCUT2D eigenvalue weighted by atomic mass is 10.1. The average molecular weight is 224 g/mol. The van der Waals surface area contributed by atoms with Gasteiger partial charge in [0.2, 0.25) is 0 Å². The maximum atomic E-state index is 11.2. The fraction of sp³-hybridized carbons (Fsp3) is 0.500. The van der Waals surface area contributed by atoms with Crippen LogP contribution in [0.4, 0.5) is 0 Å². The van der Waals surface area contributed by atoms with E-state index in [4.69, 9.17) is 9.84 Å². The summed E-state index contributed by atoms with van der Waals surface area (Å²) in [5.74, 6) is -1.10. The van der Waals surface area contributed by atoms with Crippen LogP contribution in [0.25, 0.3) is 0 Å². The molecule has 0 spiro atoms. The molecule has 0 aromatic heterocycles. The van der Waals surface area contributed by atoms with Gasteiger partial charge in [0.25, 0.3) is 0 Å². The van der Waals surface area contributed by atoms with Crippen molar-refractivity contribution in [1.29, 1.82) is 0 Å². The molecule has 1 N–H and O–H groups in total. The molecular formula is C12H16O4. The Kier molecular flexibility index (Phi) is 5.32. The van der Waals surface area contributed by atoms with Crippen LogP contribution in [0.5, 0.6) is 0 Å². The quantitative estimate of drug-likeness (QED) is 0.590. The zero-order chi connectivity index (χ0) is 11.8. The van der Waals surface area contributed by atoms with Crippen LogP contribution in [-0.4, -0.2) is 17.0 Å². The number of rotatable bonds is 3. The minimum Gasteiger partial charge on any atom is -0.478 e. The molecule has 4 nitrogen and oxygen atoms in total. The van der Waals surface area contributed by atoms with Crippen molar-refractivity contribution in [3.63, 3.8) is 0 Å². The topological polar surface area (TPSA) is 63.6 Å². The first kappa shape index (κ1) is 12.5. The number of ether oxygens (including phenoxy) is 1. The lowest BCUT2D eigenvalue weighted by molar-refractivity contribution is -0.135. The Morgan fingerprint density at radius 2 is 1.94 bits per heavy atom. The Morgan fingerprint density at radius 3 is 2.69 bits per heavy atom. The highest BCUT2D eigenvalue weighted by molar-refractivity contribution is 5.91. The molecule has 0 aliphatic heterocycles. The Hall–Kier alpha value is -1.58. The van der Waals surface area contributed by atoms with E-state index in [1.807, 2.05) is 6.08 Å². The van der Waals surface area contributed by atoms with Gasteiger partial charge in [0.1, 0.15) is 5.76 Å². The number of aliphatic carboxylic acids is 1. The molecule has 0 radical (unpaired) electrons. The molecule has 0 bridgehead atoms. The standard InChI is InChI=1S/C12H16O4/c13-11(14)8-9-12(15)16-10-6-4-2-1-3-5-7-10/h6,8-9H,1-5,7H2,(H,13,14). The normalized spacial score (nSPS) is 17.4. The van der Waals surface area contributed by atoms with E-state index in [0.29, 0.717) is 5.76 Å². The largest absolute Gasteiger partial charge is 0.478 e. The van der Waals surface area contributed by atoms with E-state index in [9.17, 15) is 9.59 Å². The van der Waals surface area contributed by atoms with Gasteiger partial charge in [-0.25, -0.2) is 9.59 Å². The van der Waals surface area contributed by atoms with Gasteiger partial charge < -0.3 is 9.84 Å². The molecule has 88 valence electrons. The first-order valence-electron chi connectivity index (χ1n) is 5.50. The predicted molar refractivity (Wildman–Crippen MR) is 58.7 cm³/mol. The summed E-state index contributed by atoms with van der Waals surface area (Å²) in [4.78, 5) is 21.4.